The summed E-state index contributed by atoms with van der Waals surface area (Å²) in [5.41, 5.74) is -0.0226. The van der Waals surface area contributed by atoms with Crippen LogP contribution in [0, 0.1) is 5.92 Å². The highest BCUT2D eigenvalue weighted by Gasteiger charge is 2.22. The minimum atomic E-state index is -1.08. The highest BCUT2D eigenvalue weighted by molar-refractivity contribution is 5.93. The molecule has 15 heavy (non-hydrogen) atoms. The van der Waals surface area contributed by atoms with Crippen molar-refractivity contribution in [3.8, 4) is 0 Å². The molecule has 0 radical (unpaired) electrons. The van der Waals surface area contributed by atoms with E-state index in [0.717, 1.165) is 25.7 Å². The Bertz CT molecular complexity index is 278. The van der Waals surface area contributed by atoms with Crippen LogP contribution in [0.25, 0.3) is 0 Å². The Morgan fingerprint density at radius 2 is 1.87 bits per heavy atom. The SMILES string of the molecule is CC=C(NC(=O)C1CCCCC1)C(=O)O. The van der Waals surface area contributed by atoms with Crippen LogP contribution in [0.2, 0.25) is 0 Å². The smallest absolute Gasteiger partial charge is 0.352 e. The molecular formula is C11H17NO3. The second-order valence-electron chi connectivity index (χ2n) is 3.83. The lowest BCUT2D eigenvalue weighted by atomic mass is 9.88. The quantitative estimate of drug-likeness (QED) is 0.698. The first-order valence-electron chi connectivity index (χ1n) is 5.35. The zero-order valence-electron chi connectivity index (χ0n) is 8.95. The van der Waals surface area contributed by atoms with E-state index in [1.54, 1.807) is 6.92 Å². The average molecular weight is 211 g/mol. The van der Waals surface area contributed by atoms with Crippen molar-refractivity contribution in [3.05, 3.63) is 11.8 Å². The lowest BCUT2D eigenvalue weighted by Gasteiger charge is -2.20. The number of nitrogens with one attached hydrogen (secondary N) is 1. The molecule has 0 saturated heterocycles. The van der Waals surface area contributed by atoms with Gasteiger partial charge in [0.1, 0.15) is 5.70 Å². The molecule has 0 aliphatic heterocycles. The molecule has 0 heterocycles. The summed E-state index contributed by atoms with van der Waals surface area (Å²) in [5, 5.41) is 11.2. The maximum absolute atomic E-state index is 11.7. The van der Waals surface area contributed by atoms with E-state index in [-0.39, 0.29) is 17.5 Å². The predicted octanol–water partition coefficient (Wildman–Crippen LogP) is 1.67. The molecule has 1 amide bonds. The highest BCUT2D eigenvalue weighted by atomic mass is 16.4. The number of carboxylic acids is 1. The minimum absolute atomic E-state index is 0.00644. The predicted molar refractivity (Wildman–Crippen MR) is 56.1 cm³/mol. The number of allylic oxidation sites excluding steroid dienone is 1. The van der Waals surface area contributed by atoms with Gasteiger partial charge in [-0.3, -0.25) is 4.79 Å². The van der Waals surface area contributed by atoms with Crippen LogP contribution >= 0.6 is 0 Å². The van der Waals surface area contributed by atoms with Gasteiger partial charge in [0.2, 0.25) is 5.91 Å². The third kappa shape index (κ3) is 3.38. The van der Waals surface area contributed by atoms with Gasteiger partial charge in [0.25, 0.3) is 0 Å². The van der Waals surface area contributed by atoms with Crippen molar-refractivity contribution in [3.63, 3.8) is 0 Å². The van der Waals surface area contributed by atoms with Crippen molar-refractivity contribution in [2.45, 2.75) is 39.0 Å². The molecule has 0 bridgehead atoms. The van der Waals surface area contributed by atoms with E-state index in [0.29, 0.717) is 0 Å². The lowest BCUT2D eigenvalue weighted by Crippen LogP contribution is -2.33. The monoisotopic (exact) mass is 211 g/mol. The minimum Gasteiger partial charge on any atom is -0.477 e. The topological polar surface area (TPSA) is 66.4 Å². The van der Waals surface area contributed by atoms with Gasteiger partial charge in [-0.2, -0.15) is 0 Å². The maximum Gasteiger partial charge on any atom is 0.352 e. The molecule has 4 nitrogen and oxygen atoms in total. The van der Waals surface area contributed by atoms with Gasteiger partial charge in [-0.25, -0.2) is 4.79 Å². The molecule has 0 spiro atoms. The molecule has 0 aromatic carbocycles. The van der Waals surface area contributed by atoms with Crippen LogP contribution in [0.4, 0.5) is 0 Å². The molecular weight excluding hydrogens is 194 g/mol. The van der Waals surface area contributed by atoms with Crippen LogP contribution in [0.15, 0.2) is 11.8 Å². The van der Waals surface area contributed by atoms with E-state index in [4.69, 9.17) is 5.11 Å². The molecule has 0 aromatic heterocycles. The Kier molecular flexibility index (Phi) is 4.34. The summed E-state index contributed by atoms with van der Waals surface area (Å²) in [6.45, 7) is 1.60. The molecule has 2 N–H and O–H groups in total. The van der Waals surface area contributed by atoms with Crippen molar-refractivity contribution < 1.29 is 14.7 Å². The van der Waals surface area contributed by atoms with Crippen LogP contribution in [0.3, 0.4) is 0 Å². The summed E-state index contributed by atoms with van der Waals surface area (Å²) in [6, 6.07) is 0. The first-order valence-corrected chi connectivity index (χ1v) is 5.35. The van der Waals surface area contributed by atoms with Crippen molar-refractivity contribution >= 4 is 11.9 Å². The van der Waals surface area contributed by atoms with Gasteiger partial charge in [-0.05, 0) is 19.8 Å². The van der Waals surface area contributed by atoms with Gasteiger partial charge in [-0.1, -0.05) is 25.3 Å². The zero-order valence-corrected chi connectivity index (χ0v) is 8.95. The van der Waals surface area contributed by atoms with E-state index in [9.17, 15) is 9.59 Å². The van der Waals surface area contributed by atoms with Gasteiger partial charge in [-0.15, -0.1) is 0 Å². The molecule has 84 valence electrons. The van der Waals surface area contributed by atoms with Crippen molar-refractivity contribution in [2.75, 3.05) is 0 Å². The summed E-state index contributed by atoms with van der Waals surface area (Å²) < 4.78 is 0. The summed E-state index contributed by atoms with van der Waals surface area (Å²) in [4.78, 5) is 22.3. The van der Waals surface area contributed by atoms with Crippen LogP contribution in [0.5, 0.6) is 0 Å². The van der Waals surface area contributed by atoms with Crippen LogP contribution < -0.4 is 5.32 Å². The molecule has 1 rings (SSSR count). The van der Waals surface area contributed by atoms with Crippen LogP contribution in [-0.4, -0.2) is 17.0 Å². The Hall–Kier alpha value is -1.32. The number of amides is 1. The Morgan fingerprint density at radius 1 is 1.27 bits per heavy atom. The lowest BCUT2D eigenvalue weighted by molar-refractivity contribution is -0.135. The van der Waals surface area contributed by atoms with E-state index in [1.807, 2.05) is 0 Å². The molecule has 0 aromatic rings. The average Bonchev–Trinajstić information content (AvgIpc) is 2.26. The van der Waals surface area contributed by atoms with E-state index in [1.165, 1.54) is 12.5 Å². The fourth-order valence-electron chi connectivity index (χ4n) is 1.85. The van der Waals surface area contributed by atoms with Gasteiger partial charge in [0, 0.05) is 5.92 Å². The number of rotatable bonds is 3. The molecule has 1 saturated carbocycles. The van der Waals surface area contributed by atoms with Crippen LogP contribution in [0.1, 0.15) is 39.0 Å². The summed E-state index contributed by atoms with van der Waals surface area (Å²) in [5.74, 6) is -1.24. The molecule has 1 aliphatic rings. The number of carboxylic acid groups (broad SMARTS) is 1. The largest absolute Gasteiger partial charge is 0.477 e. The van der Waals surface area contributed by atoms with Crippen molar-refractivity contribution in [1.82, 2.24) is 5.32 Å². The van der Waals surface area contributed by atoms with Gasteiger partial charge in [0.15, 0.2) is 0 Å². The fourth-order valence-corrected chi connectivity index (χ4v) is 1.85. The van der Waals surface area contributed by atoms with Gasteiger partial charge >= 0.3 is 5.97 Å². The Balaban J connectivity index is 2.50. The summed E-state index contributed by atoms with van der Waals surface area (Å²) in [6.07, 6.45) is 6.47. The number of hydrogen-bond acceptors (Lipinski definition) is 2. The third-order valence-corrected chi connectivity index (χ3v) is 2.75. The van der Waals surface area contributed by atoms with E-state index < -0.39 is 5.97 Å². The molecule has 1 aliphatic carbocycles. The molecule has 0 unspecified atom stereocenters. The Morgan fingerprint density at radius 3 is 2.33 bits per heavy atom. The standard InChI is InChI=1S/C11H17NO3/c1-2-9(11(14)15)12-10(13)8-6-4-3-5-7-8/h2,8H,3-7H2,1H3,(H,12,13)(H,14,15). The molecule has 1 fully saturated rings. The normalized spacial score (nSPS) is 18.6. The third-order valence-electron chi connectivity index (χ3n) is 2.75. The number of carbonyl (C=O) groups excluding carboxylic acids is 1. The van der Waals surface area contributed by atoms with E-state index in [2.05, 4.69) is 5.32 Å². The highest BCUT2D eigenvalue weighted by Crippen LogP contribution is 2.23. The molecule has 0 atom stereocenters. The van der Waals surface area contributed by atoms with Gasteiger partial charge in [0.05, 0.1) is 0 Å². The zero-order chi connectivity index (χ0) is 11.3. The summed E-state index contributed by atoms with van der Waals surface area (Å²) in [7, 11) is 0. The molecule has 4 heteroatoms. The van der Waals surface area contributed by atoms with Gasteiger partial charge < -0.3 is 10.4 Å². The maximum atomic E-state index is 11.7. The number of aliphatic carboxylic acids is 1. The first-order chi connectivity index (χ1) is 7.15. The Labute approximate surface area is 89.4 Å². The van der Waals surface area contributed by atoms with E-state index >= 15 is 0 Å². The first kappa shape index (κ1) is 11.8. The van der Waals surface area contributed by atoms with Crippen molar-refractivity contribution in [1.29, 1.82) is 0 Å². The second-order valence-corrected chi connectivity index (χ2v) is 3.83. The van der Waals surface area contributed by atoms with Crippen molar-refractivity contribution in [2.24, 2.45) is 5.92 Å². The summed E-state index contributed by atoms with van der Waals surface area (Å²) >= 11 is 0. The number of hydrogen-bond donors (Lipinski definition) is 2. The second kappa shape index (κ2) is 5.53. The number of carbonyl (C=O) groups is 2. The van der Waals surface area contributed by atoms with Crippen LogP contribution in [-0.2, 0) is 9.59 Å². The fraction of sp³-hybridized carbons (Fsp3) is 0.636.